The maximum atomic E-state index is 11.7. The first-order chi connectivity index (χ1) is 8.16. The molecule has 0 radical (unpaired) electrons. The molecular formula is C13H10O4. The van der Waals surface area contributed by atoms with Crippen LogP contribution >= 0.6 is 0 Å². The van der Waals surface area contributed by atoms with Crippen LogP contribution in [0.3, 0.4) is 0 Å². The molecule has 4 heteroatoms. The number of rotatable bonds is 2. The van der Waals surface area contributed by atoms with Crippen LogP contribution in [-0.2, 0) is 0 Å². The lowest BCUT2D eigenvalue weighted by molar-refractivity contribution is 0.0731. The van der Waals surface area contributed by atoms with E-state index in [0.29, 0.717) is 0 Å². The predicted molar refractivity (Wildman–Crippen MR) is 61.2 cm³/mol. The minimum absolute atomic E-state index is 0.00702. The molecular weight excluding hydrogens is 220 g/mol. The van der Waals surface area contributed by atoms with E-state index in [2.05, 4.69) is 0 Å². The zero-order valence-electron chi connectivity index (χ0n) is 8.83. The van der Waals surface area contributed by atoms with Crippen molar-refractivity contribution < 1.29 is 19.7 Å². The van der Waals surface area contributed by atoms with Gasteiger partial charge in [0.05, 0.1) is 0 Å². The van der Waals surface area contributed by atoms with E-state index < -0.39 is 5.97 Å². The van der Waals surface area contributed by atoms with Gasteiger partial charge in [-0.2, -0.15) is 0 Å². The topological polar surface area (TPSA) is 66.8 Å². The fourth-order valence-corrected chi connectivity index (χ4v) is 1.36. The van der Waals surface area contributed by atoms with Gasteiger partial charge in [-0.05, 0) is 24.3 Å². The van der Waals surface area contributed by atoms with Crippen molar-refractivity contribution in [1.29, 1.82) is 0 Å². The number of aromatic hydroxyl groups is 2. The number of phenols is 2. The summed E-state index contributed by atoms with van der Waals surface area (Å²) in [5, 5.41) is 18.7. The maximum absolute atomic E-state index is 11.7. The molecule has 0 spiro atoms. The fraction of sp³-hybridized carbons (Fsp3) is 0. The number of hydrogen-bond acceptors (Lipinski definition) is 4. The molecule has 0 atom stereocenters. The van der Waals surface area contributed by atoms with Crippen LogP contribution in [0, 0.1) is 0 Å². The molecule has 0 aliphatic carbocycles. The lowest BCUT2D eigenvalue weighted by Gasteiger charge is -2.05. The first kappa shape index (κ1) is 11.0. The number of phenolic OH excluding ortho intramolecular Hbond substituents is 2. The second-order valence-electron chi connectivity index (χ2n) is 3.40. The summed E-state index contributed by atoms with van der Waals surface area (Å²) in [5.41, 5.74) is 0.0795. The normalized spacial score (nSPS) is 9.88. The molecule has 0 bridgehead atoms. The van der Waals surface area contributed by atoms with Crippen molar-refractivity contribution in [1.82, 2.24) is 0 Å². The van der Waals surface area contributed by atoms with Crippen molar-refractivity contribution >= 4 is 5.97 Å². The van der Waals surface area contributed by atoms with E-state index in [9.17, 15) is 15.0 Å². The van der Waals surface area contributed by atoms with Gasteiger partial charge in [0.2, 0.25) is 0 Å². The summed E-state index contributed by atoms with van der Waals surface area (Å²) >= 11 is 0. The Morgan fingerprint density at radius 2 is 1.76 bits per heavy atom. The van der Waals surface area contributed by atoms with Crippen molar-refractivity contribution in [3.05, 3.63) is 54.1 Å². The number of esters is 1. The van der Waals surface area contributed by atoms with Gasteiger partial charge in [-0.3, -0.25) is 0 Å². The minimum Gasteiger partial charge on any atom is -0.508 e. The molecule has 0 saturated carbocycles. The van der Waals surface area contributed by atoms with Gasteiger partial charge in [-0.1, -0.05) is 18.2 Å². The van der Waals surface area contributed by atoms with Crippen LogP contribution in [0.4, 0.5) is 0 Å². The molecule has 0 unspecified atom stereocenters. The zero-order valence-corrected chi connectivity index (χ0v) is 8.83. The van der Waals surface area contributed by atoms with Crippen LogP contribution in [0.15, 0.2) is 48.5 Å². The molecule has 0 amide bonds. The van der Waals surface area contributed by atoms with E-state index in [0.717, 1.165) is 0 Å². The summed E-state index contributed by atoms with van der Waals surface area (Å²) in [6.07, 6.45) is 0. The number of hydrogen-bond donors (Lipinski definition) is 2. The largest absolute Gasteiger partial charge is 0.508 e. The van der Waals surface area contributed by atoms with Crippen molar-refractivity contribution in [3.8, 4) is 17.2 Å². The van der Waals surface area contributed by atoms with Crippen molar-refractivity contribution in [3.63, 3.8) is 0 Å². The first-order valence-electron chi connectivity index (χ1n) is 4.96. The molecule has 2 aromatic carbocycles. The Morgan fingerprint density at radius 3 is 2.47 bits per heavy atom. The van der Waals surface area contributed by atoms with Gasteiger partial charge in [0.25, 0.3) is 0 Å². The highest BCUT2D eigenvalue weighted by Gasteiger charge is 2.12. The van der Waals surface area contributed by atoms with Gasteiger partial charge in [0.1, 0.15) is 22.8 Å². The molecule has 0 heterocycles. The minimum atomic E-state index is -0.673. The van der Waals surface area contributed by atoms with E-state index in [1.54, 1.807) is 18.2 Å². The summed E-state index contributed by atoms with van der Waals surface area (Å²) in [6.45, 7) is 0. The number of para-hydroxylation sites is 1. The number of carbonyl (C=O) groups excluding carboxylic acids is 1. The Hall–Kier alpha value is -2.49. The Balaban J connectivity index is 2.20. The van der Waals surface area contributed by atoms with Crippen LogP contribution in [0.2, 0.25) is 0 Å². The third-order valence-electron chi connectivity index (χ3n) is 2.15. The van der Waals surface area contributed by atoms with E-state index >= 15 is 0 Å². The van der Waals surface area contributed by atoms with Gasteiger partial charge in [0.15, 0.2) is 0 Å². The number of ether oxygens (including phenoxy) is 1. The van der Waals surface area contributed by atoms with Gasteiger partial charge >= 0.3 is 5.97 Å². The smallest absolute Gasteiger partial charge is 0.347 e. The summed E-state index contributed by atoms with van der Waals surface area (Å²) < 4.78 is 5.00. The van der Waals surface area contributed by atoms with E-state index in [1.807, 2.05) is 0 Å². The quantitative estimate of drug-likeness (QED) is 0.613. The van der Waals surface area contributed by atoms with Gasteiger partial charge in [-0.25, -0.2) is 4.79 Å². The van der Waals surface area contributed by atoms with Gasteiger partial charge in [-0.15, -0.1) is 0 Å². The van der Waals surface area contributed by atoms with Gasteiger partial charge in [0, 0.05) is 6.07 Å². The van der Waals surface area contributed by atoms with E-state index in [-0.39, 0.29) is 22.8 Å². The summed E-state index contributed by atoms with van der Waals surface area (Å²) in [6, 6.07) is 12.0. The van der Waals surface area contributed by atoms with Crippen LogP contribution in [0.25, 0.3) is 0 Å². The SMILES string of the molecule is O=C(Oc1cccc(O)c1)c1ccccc1O. The molecule has 2 rings (SSSR count). The standard InChI is InChI=1S/C13H10O4/c14-9-4-3-5-10(8-9)17-13(16)11-6-1-2-7-12(11)15/h1-8,14-15H. The summed E-state index contributed by atoms with van der Waals surface area (Å²) in [4.78, 5) is 11.7. The molecule has 2 aromatic rings. The monoisotopic (exact) mass is 230 g/mol. The summed E-state index contributed by atoms with van der Waals surface area (Å²) in [5.74, 6) is -0.586. The highest BCUT2D eigenvalue weighted by molar-refractivity contribution is 5.93. The molecule has 86 valence electrons. The zero-order chi connectivity index (χ0) is 12.3. The Morgan fingerprint density at radius 1 is 1.00 bits per heavy atom. The molecule has 0 saturated heterocycles. The molecule has 2 N–H and O–H groups in total. The summed E-state index contributed by atoms with van der Waals surface area (Å²) in [7, 11) is 0. The molecule has 0 aliphatic heterocycles. The Labute approximate surface area is 97.7 Å². The third kappa shape index (κ3) is 2.55. The maximum Gasteiger partial charge on any atom is 0.347 e. The number of carbonyl (C=O) groups is 1. The molecule has 0 aliphatic rings. The molecule has 0 fully saturated rings. The average Bonchev–Trinajstić information content (AvgIpc) is 2.29. The highest BCUT2D eigenvalue weighted by atomic mass is 16.5. The number of benzene rings is 2. The third-order valence-corrected chi connectivity index (χ3v) is 2.15. The van der Waals surface area contributed by atoms with Gasteiger partial charge < -0.3 is 14.9 Å². The Kier molecular flexibility index (Phi) is 2.96. The lowest BCUT2D eigenvalue weighted by atomic mass is 10.2. The average molecular weight is 230 g/mol. The first-order valence-corrected chi connectivity index (χ1v) is 4.96. The second kappa shape index (κ2) is 4.57. The van der Waals surface area contributed by atoms with Crippen LogP contribution in [-0.4, -0.2) is 16.2 Å². The highest BCUT2D eigenvalue weighted by Crippen LogP contribution is 2.21. The van der Waals surface area contributed by atoms with Crippen molar-refractivity contribution in [2.75, 3.05) is 0 Å². The second-order valence-corrected chi connectivity index (χ2v) is 3.40. The fourth-order valence-electron chi connectivity index (χ4n) is 1.36. The van der Waals surface area contributed by atoms with Crippen LogP contribution < -0.4 is 4.74 Å². The van der Waals surface area contributed by atoms with E-state index in [4.69, 9.17) is 4.74 Å². The van der Waals surface area contributed by atoms with Crippen LogP contribution in [0.1, 0.15) is 10.4 Å². The Bertz CT molecular complexity index is 549. The predicted octanol–water partition coefficient (Wildman–Crippen LogP) is 2.32. The van der Waals surface area contributed by atoms with Crippen molar-refractivity contribution in [2.24, 2.45) is 0 Å². The van der Waals surface area contributed by atoms with Crippen molar-refractivity contribution in [2.45, 2.75) is 0 Å². The van der Waals surface area contributed by atoms with Crippen LogP contribution in [0.5, 0.6) is 17.2 Å². The van der Waals surface area contributed by atoms with E-state index in [1.165, 1.54) is 30.3 Å². The molecule has 0 aromatic heterocycles. The lowest BCUT2D eigenvalue weighted by Crippen LogP contribution is -2.08. The molecule has 17 heavy (non-hydrogen) atoms. The molecule has 4 nitrogen and oxygen atoms in total.